The Kier molecular flexibility index (Phi) is 2.84. The van der Waals surface area contributed by atoms with Gasteiger partial charge in [0.25, 0.3) is 0 Å². The van der Waals surface area contributed by atoms with Gasteiger partial charge in [0.15, 0.2) is 0 Å². The monoisotopic (exact) mass is 207 g/mol. The van der Waals surface area contributed by atoms with Crippen molar-refractivity contribution in [1.82, 2.24) is 15.1 Å². The first-order chi connectivity index (χ1) is 6.36. The van der Waals surface area contributed by atoms with Crippen molar-refractivity contribution in [1.29, 1.82) is 0 Å². The fraction of sp³-hybridized carbons (Fsp3) is 0.625. The second kappa shape index (κ2) is 3.61. The smallest absolute Gasteiger partial charge is 0.304 e. The van der Waals surface area contributed by atoms with Gasteiger partial charge in [-0.1, -0.05) is 0 Å². The summed E-state index contributed by atoms with van der Waals surface area (Å²) in [6.45, 7) is 1.66. The van der Waals surface area contributed by atoms with E-state index in [1.807, 2.05) is 0 Å². The van der Waals surface area contributed by atoms with Crippen molar-refractivity contribution < 1.29 is 13.2 Å². The molecule has 0 aliphatic carbocycles. The highest BCUT2D eigenvalue weighted by atomic mass is 19.4. The van der Waals surface area contributed by atoms with Gasteiger partial charge in [0.05, 0.1) is 11.4 Å². The molecule has 1 atom stereocenters. The summed E-state index contributed by atoms with van der Waals surface area (Å²) < 4.78 is 38.7. The lowest BCUT2D eigenvalue weighted by Gasteiger charge is -2.19. The minimum atomic E-state index is -4.30. The number of aromatic nitrogens is 2. The van der Waals surface area contributed by atoms with Gasteiger partial charge in [-0.2, -0.15) is 18.3 Å². The Balaban J connectivity index is 3.07. The van der Waals surface area contributed by atoms with Crippen molar-refractivity contribution in [2.75, 3.05) is 7.05 Å². The van der Waals surface area contributed by atoms with E-state index in [1.54, 1.807) is 6.92 Å². The van der Waals surface area contributed by atoms with Crippen LogP contribution in [0.25, 0.3) is 0 Å². The van der Waals surface area contributed by atoms with Gasteiger partial charge in [0, 0.05) is 7.05 Å². The maximum Gasteiger partial charge on any atom is 0.409 e. The second-order valence-corrected chi connectivity index (χ2v) is 3.10. The van der Waals surface area contributed by atoms with Crippen molar-refractivity contribution in [3.8, 4) is 0 Å². The van der Waals surface area contributed by atoms with Crippen molar-refractivity contribution in [3.63, 3.8) is 0 Å². The van der Waals surface area contributed by atoms with Gasteiger partial charge in [-0.05, 0) is 20.0 Å². The number of hydrogen-bond acceptors (Lipinski definition) is 2. The van der Waals surface area contributed by atoms with Crippen LogP contribution in [-0.2, 0) is 7.05 Å². The van der Waals surface area contributed by atoms with Crippen LogP contribution >= 0.6 is 0 Å². The van der Waals surface area contributed by atoms with Gasteiger partial charge in [-0.15, -0.1) is 0 Å². The molecule has 1 aromatic rings. The molecule has 0 fully saturated rings. The Morgan fingerprint density at radius 3 is 2.36 bits per heavy atom. The van der Waals surface area contributed by atoms with E-state index in [4.69, 9.17) is 0 Å². The highest BCUT2D eigenvalue weighted by Crippen LogP contribution is 2.32. The normalized spacial score (nSPS) is 14.4. The minimum Gasteiger partial charge on any atom is -0.304 e. The van der Waals surface area contributed by atoms with Crippen LogP contribution in [0.3, 0.4) is 0 Å². The zero-order valence-electron chi connectivity index (χ0n) is 8.18. The number of hydrogen-bond donors (Lipinski definition) is 1. The quantitative estimate of drug-likeness (QED) is 0.797. The zero-order chi connectivity index (χ0) is 10.9. The second-order valence-electron chi connectivity index (χ2n) is 3.10. The number of aryl methyl sites for hydroxylation is 2. The molecule has 80 valence electrons. The molecule has 1 unspecified atom stereocenters. The Hall–Kier alpha value is -1.04. The Labute approximate surface area is 79.9 Å². The third-order valence-electron chi connectivity index (χ3n) is 1.95. The number of rotatable bonds is 2. The average Bonchev–Trinajstić information content (AvgIpc) is 2.29. The summed E-state index contributed by atoms with van der Waals surface area (Å²) in [4.78, 5) is 0. The predicted octanol–water partition coefficient (Wildman–Crippen LogP) is 1.55. The average molecular weight is 207 g/mol. The van der Waals surface area contributed by atoms with Crippen molar-refractivity contribution in [2.45, 2.75) is 19.1 Å². The summed E-state index contributed by atoms with van der Waals surface area (Å²) in [5.74, 6) is 0. The van der Waals surface area contributed by atoms with E-state index in [9.17, 15) is 13.2 Å². The molecule has 0 bridgehead atoms. The molecule has 1 rings (SSSR count). The van der Waals surface area contributed by atoms with E-state index in [1.165, 1.54) is 24.8 Å². The van der Waals surface area contributed by atoms with Crippen LogP contribution in [0.2, 0.25) is 0 Å². The molecule has 14 heavy (non-hydrogen) atoms. The SMILES string of the molecule is CNC(c1cc(C)nn1C)C(F)(F)F. The van der Waals surface area contributed by atoms with Gasteiger partial charge in [0.1, 0.15) is 6.04 Å². The molecule has 1 heterocycles. The van der Waals surface area contributed by atoms with Gasteiger partial charge in [-0.3, -0.25) is 4.68 Å². The first-order valence-corrected chi connectivity index (χ1v) is 4.10. The van der Waals surface area contributed by atoms with E-state index < -0.39 is 12.2 Å². The molecule has 1 aromatic heterocycles. The molecular weight excluding hydrogens is 195 g/mol. The Morgan fingerprint density at radius 2 is 2.07 bits per heavy atom. The summed E-state index contributed by atoms with van der Waals surface area (Å²) in [6.07, 6.45) is -4.30. The topological polar surface area (TPSA) is 29.9 Å². The summed E-state index contributed by atoms with van der Waals surface area (Å²) in [6, 6.07) is -0.233. The van der Waals surface area contributed by atoms with Crippen LogP contribution in [-0.4, -0.2) is 23.0 Å². The standard InChI is InChI=1S/C8H12F3N3/c1-5-4-6(14(3)13-5)7(12-2)8(9,10)11/h4,7,12H,1-3H3. The number of nitrogens with zero attached hydrogens (tertiary/aromatic N) is 2. The predicted molar refractivity (Wildman–Crippen MR) is 45.8 cm³/mol. The lowest BCUT2D eigenvalue weighted by Crippen LogP contribution is -2.33. The maximum atomic E-state index is 12.5. The van der Waals surface area contributed by atoms with E-state index in [0.717, 1.165) is 0 Å². The molecule has 0 radical (unpaired) electrons. The van der Waals surface area contributed by atoms with Crippen molar-refractivity contribution in [3.05, 3.63) is 17.5 Å². The van der Waals surface area contributed by atoms with Gasteiger partial charge in [0.2, 0.25) is 0 Å². The number of alkyl halides is 3. The van der Waals surface area contributed by atoms with Crippen LogP contribution < -0.4 is 5.32 Å². The van der Waals surface area contributed by atoms with E-state index in [2.05, 4.69) is 10.4 Å². The fourth-order valence-electron chi connectivity index (χ4n) is 1.38. The molecule has 0 aliphatic rings. The molecule has 1 N–H and O–H groups in total. The van der Waals surface area contributed by atoms with Crippen LogP contribution in [0, 0.1) is 6.92 Å². The van der Waals surface area contributed by atoms with Crippen LogP contribution in [0.15, 0.2) is 6.07 Å². The molecule has 0 saturated heterocycles. The fourth-order valence-corrected chi connectivity index (χ4v) is 1.38. The van der Waals surface area contributed by atoms with Crippen molar-refractivity contribution in [2.24, 2.45) is 7.05 Å². The maximum absolute atomic E-state index is 12.5. The molecular formula is C8H12F3N3. The molecule has 0 aliphatic heterocycles. The molecule has 3 nitrogen and oxygen atoms in total. The minimum absolute atomic E-state index is 0.123. The Morgan fingerprint density at radius 1 is 1.50 bits per heavy atom. The zero-order valence-corrected chi connectivity index (χ0v) is 8.18. The molecule has 0 saturated carbocycles. The molecule has 0 aromatic carbocycles. The van der Waals surface area contributed by atoms with Crippen LogP contribution in [0.4, 0.5) is 13.2 Å². The summed E-state index contributed by atoms with van der Waals surface area (Å²) >= 11 is 0. The van der Waals surface area contributed by atoms with E-state index in [0.29, 0.717) is 5.69 Å². The third-order valence-corrected chi connectivity index (χ3v) is 1.95. The lowest BCUT2D eigenvalue weighted by atomic mass is 10.2. The van der Waals surface area contributed by atoms with E-state index >= 15 is 0 Å². The summed E-state index contributed by atoms with van der Waals surface area (Å²) in [5.41, 5.74) is 0.699. The van der Waals surface area contributed by atoms with Crippen molar-refractivity contribution >= 4 is 0 Å². The van der Waals surface area contributed by atoms with Gasteiger partial charge < -0.3 is 5.32 Å². The first kappa shape index (κ1) is 11.0. The third kappa shape index (κ3) is 2.06. The number of halogens is 3. The van der Waals surface area contributed by atoms with Gasteiger partial charge >= 0.3 is 6.18 Å². The lowest BCUT2D eigenvalue weighted by molar-refractivity contribution is -0.157. The molecule has 0 amide bonds. The van der Waals surface area contributed by atoms with Crippen LogP contribution in [0.5, 0.6) is 0 Å². The highest BCUT2D eigenvalue weighted by molar-refractivity contribution is 5.14. The summed E-state index contributed by atoms with van der Waals surface area (Å²) in [7, 11) is 2.78. The molecule has 6 heteroatoms. The Bertz CT molecular complexity index is 316. The largest absolute Gasteiger partial charge is 0.409 e. The summed E-state index contributed by atoms with van der Waals surface area (Å²) in [5, 5.41) is 6.10. The van der Waals surface area contributed by atoms with E-state index in [-0.39, 0.29) is 5.69 Å². The van der Waals surface area contributed by atoms with Gasteiger partial charge in [-0.25, -0.2) is 0 Å². The van der Waals surface area contributed by atoms with Crippen LogP contribution in [0.1, 0.15) is 17.4 Å². The first-order valence-electron chi connectivity index (χ1n) is 4.10. The number of nitrogens with one attached hydrogen (secondary N) is 1. The highest BCUT2D eigenvalue weighted by Gasteiger charge is 2.41. The molecule has 0 spiro atoms.